The summed E-state index contributed by atoms with van der Waals surface area (Å²) < 4.78 is 67.1. The molecule has 0 aliphatic carbocycles. The minimum absolute atomic E-state index is 0.0588. The van der Waals surface area contributed by atoms with E-state index >= 15 is 0 Å². The third-order valence-electron chi connectivity index (χ3n) is 2.16. The average Bonchev–Trinajstić information content (AvgIpc) is 2.57. The molecular weight excluding hydrogens is 273 g/mol. The van der Waals surface area contributed by atoms with Crippen LogP contribution < -0.4 is 0 Å². The number of alkyl halides is 3. The standard InChI is InChI=1S/C9H7F3N2O3S/c10-9(11,12)8-13-6-2-1-5(3-7(6)14-8)4-18(15,16)17/h1-3H,4H2,(H,13,14)(H,15,16,17). The average molecular weight is 280 g/mol. The lowest BCUT2D eigenvalue weighted by Gasteiger charge is -1.99. The highest BCUT2D eigenvalue weighted by atomic mass is 32.2. The van der Waals surface area contributed by atoms with Crippen molar-refractivity contribution in [2.75, 3.05) is 0 Å². The van der Waals surface area contributed by atoms with Gasteiger partial charge in [-0.2, -0.15) is 21.6 Å². The number of nitrogens with one attached hydrogen (secondary N) is 1. The smallest absolute Gasteiger partial charge is 0.334 e. The number of benzene rings is 1. The van der Waals surface area contributed by atoms with Crippen molar-refractivity contribution in [3.63, 3.8) is 0 Å². The van der Waals surface area contributed by atoms with E-state index < -0.39 is 27.9 Å². The Balaban J connectivity index is 2.46. The third-order valence-corrected chi connectivity index (χ3v) is 2.86. The molecule has 2 N–H and O–H groups in total. The second-order valence-electron chi connectivity index (χ2n) is 3.66. The van der Waals surface area contributed by atoms with Crippen molar-refractivity contribution in [2.24, 2.45) is 0 Å². The van der Waals surface area contributed by atoms with E-state index in [2.05, 4.69) is 4.98 Å². The molecular formula is C9H7F3N2O3S. The fourth-order valence-corrected chi connectivity index (χ4v) is 2.09. The number of aromatic nitrogens is 2. The van der Waals surface area contributed by atoms with Crippen LogP contribution in [-0.4, -0.2) is 22.9 Å². The van der Waals surface area contributed by atoms with Gasteiger partial charge in [0.25, 0.3) is 10.1 Å². The summed E-state index contributed by atoms with van der Waals surface area (Å²) in [4.78, 5) is 5.38. The Kier molecular flexibility index (Phi) is 2.82. The van der Waals surface area contributed by atoms with Gasteiger partial charge in [-0.05, 0) is 17.7 Å². The molecule has 0 amide bonds. The molecule has 0 spiro atoms. The van der Waals surface area contributed by atoms with Crippen molar-refractivity contribution < 1.29 is 26.1 Å². The molecule has 0 saturated heterocycles. The highest BCUT2D eigenvalue weighted by Crippen LogP contribution is 2.28. The number of nitrogens with zero attached hydrogens (tertiary/aromatic N) is 1. The first kappa shape index (κ1) is 12.8. The van der Waals surface area contributed by atoms with Gasteiger partial charge in [-0.25, -0.2) is 4.98 Å². The molecule has 2 rings (SSSR count). The van der Waals surface area contributed by atoms with Gasteiger partial charge in [-0.3, -0.25) is 4.55 Å². The third kappa shape index (κ3) is 2.79. The molecule has 0 bridgehead atoms. The van der Waals surface area contributed by atoms with Gasteiger partial charge in [0.1, 0.15) is 5.75 Å². The first-order valence-electron chi connectivity index (χ1n) is 4.66. The van der Waals surface area contributed by atoms with E-state index in [9.17, 15) is 21.6 Å². The summed E-state index contributed by atoms with van der Waals surface area (Å²) in [6.07, 6.45) is -4.60. The molecule has 2 aromatic rings. The number of halogens is 3. The molecule has 0 atom stereocenters. The Hall–Kier alpha value is -1.61. The number of hydrogen-bond donors (Lipinski definition) is 2. The van der Waals surface area contributed by atoms with Gasteiger partial charge < -0.3 is 4.98 Å². The van der Waals surface area contributed by atoms with E-state index in [4.69, 9.17) is 4.55 Å². The second kappa shape index (κ2) is 3.95. The maximum absolute atomic E-state index is 12.4. The molecule has 0 fully saturated rings. The van der Waals surface area contributed by atoms with Crippen LogP contribution in [0.15, 0.2) is 18.2 Å². The maximum Gasteiger partial charge on any atom is 0.449 e. The Morgan fingerprint density at radius 2 is 2.00 bits per heavy atom. The van der Waals surface area contributed by atoms with Crippen LogP contribution in [-0.2, 0) is 22.0 Å². The number of aromatic amines is 1. The highest BCUT2D eigenvalue weighted by Gasteiger charge is 2.34. The number of H-pyrrole nitrogens is 1. The number of rotatable bonds is 2. The summed E-state index contributed by atoms with van der Waals surface area (Å²) >= 11 is 0. The molecule has 0 unspecified atom stereocenters. The number of hydrogen-bond acceptors (Lipinski definition) is 3. The van der Waals surface area contributed by atoms with Gasteiger partial charge in [-0.1, -0.05) is 6.07 Å². The second-order valence-corrected chi connectivity index (χ2v) is 5.11. The monoisotopic (exact) mass is 280 g/mol. The van der Waals surface area contributed by atoms with Crippen molar-refractivity contribution >= 4 is 21.2 Å². The zero-order chi connectivity index (χ0) is 13.6. The molecule has 0 aliphatic rings. The largest absolute Gasteiger partial charge is 0.449 e. The van der Waals surface area contributed by atoms with Crippen LogP contribution in [0.2, 0.25) is 0 Å². The molecule has 18 heavy (non-hydrogen) atoms. The summed E-state index contributed by atoms with van der Waals surface area (Å²) in [6, 6.07) is 3.74. The van der Waals surface area contributed by atoms with Crippen molar-refractivity contribution in [2.45, 2.75) is 11.9 Å². The quantitative estimate of drug-likeness (QED) is 0.824. The van der Waals surface area contributed by atoms with Gasteiger partial charge in [0.05, 0.1) is 11.0 Å². The molecule has 1 aromatic heterocycles. The first-order chi connectivity index (χ1) is 8.15. The van der Waals surface area contributed by atoms with Gasteiger partial charge in [-0.15, -0.1) is 0 Å². The minimum atomic E-state index is -4.60. The SMILES string of the molecule is O=S(=O)(O)Cc1ccc2nc(C(F)(F)F)[nH]c2c1. The van der Waals surface area contributed by atoms with Crippen molar-refractivity contribution in [3.05, 3.63) is 29.6 Å². The molecule has 5 nitrogen and oxygen atoms in total. The number of imidazole rings is 1. The molecule has 1 aromatic carbocycles. The lowest BCUT2D eigenvalue weighted by Crippen LogP contribution is -2.06. The van der Waals surface area contributed by atoms with Gasteiger partial charge in [0, 0.05) is 0 Å². The molecule has 9 heteroatoms. The Bertz CT molecular complexity index is 691. The Labute approximate surface area is 99.4 Å². The van der Waals surface area contributed by atoms with Crippen LogP contribution in [0, 0.1) is 0 Å². The van der Waals surface area contributed by atoms with E-state index in [-0.39, 0.29) is 16.6 Å². The van der Waals surface area contributed by atoms with Crippen LogP contribution in [0.5, 0.6) is 0 Å². The van der Waals surface area contributed by atoms with Crippen molar-refractivity contribution in [1.82, 2.24) is 9.97 Å². The van der Waals surface area contributed by atoms with Crippen LogP contribution in [0.1, 0.15) is 11.4 Å². The maximum atomic E-state index is 12.4. The van der Waals surface area contributed by atoms with E-state index in [1.165, 1.54) is 18.2 Å². The van der Waals surface area contributed by atoms with E-state index in [0.717, 1.165) is 0 Å². The van der Waals surface area contributed by atoms with E-state index in [1.54, 1.807) is 0 Å². The summed E-state index contributed by atoms with van der Waals surface area (Å²) in [6.45, 7) is 0. The zero-order valence-electron chi connectivity index (χ0n) is 8.69. The first-order valence-corrected chi connectivity index (χ1v) is 6.27. The van der Waals surface area contributed by atoms with Crippen LogP contribution in [0.4, 0.5) is 13.2 Å². The van der Waals surface area contributed by atoms with E-state index in [0.29, 0.717) is 0 Å². The molecule has 0 aliphatic heterocycles. The Morgan fingerprint density at radius 1 is 1.33 bits per heavy atom. The summed E-state index contributed by atoms with van der Waals surface area (Å²) in [5.41, 5.74) is 0.298. The molecule has 0 saturated carbocycles. The summed E-state index contributed by atoms with van der Waals surface area (Å²) in [5.74, 6) is -1.81. The Morgan fingerprint density at radius 3 is 2.56 bits per heavy atom. The lowest BCUT2D eigenvalue weighted by molar-refractivity contribution is -0.144. The number of fused-ring (bicyclic) bond motifs is 1. The van der Waals surface area contributed by atoms with Gasteiger partial charge in [0.2, 0.25) is 5.82 Å². The lowest BCUT2D eigenvalue weighted by atomic mass is 10.2. The summed E-state index contributed by atoms with van der Waals surface area (Å²) in [7, 11) is -4.22. The van der Waals surface area contributed by atoms with Crippen LogP contribution in [0.25, 0.3) is 11.0 Å². The van der Waals surface area contributed by atoms with Gasteiger partial charge in [0.15, 0.2) is 0 Å². The summed E-state index contributed by atoms with van der Waals surface area (Å²) in [5, 5.41) is 0. The topological polar surface area (TPSA) is 83.1 Å². The predicted octanol–water partition coefficient (Wildman–Crippen LogP) is 1.97. The molecule has 0 radical (unpaired) electrons. The van der Waals surface area contributed by atoms with Crippen molar-refractivity contribution in [3.8, 4) is 0 Å². The predicted molar refractivity (Wildman–Crippen MR) is 56.3 cm³/mol. The van der Waals surface area contributed by atoms with Crippen LogP contribution >= 0.6 is 0 Å². The van der Waals surface area contributed by atoms with Crippen LogP contribution in [0.3, 0.4) is 0 Å². The molecule has 1 heterocycles. The highest BCUT2D eigenvalue weighted by molar-refractivity contribution is 7.85. The fourth-order valence-electron chi connectivity index (χ4n) is 1.49. The fraction of sp³-hybridized carbons (Fsp3) is 0.222. The zero-order valence-corrected chi connectivity index (χ0v) is 9.51. The molecule has 98 valence electrons. The minimum Gasteiger partial charge on any atom is -0.334 e. The normalized spacial score (nSPS) is 13.1. The van der Waals surface area contributed by atoms with Crippen molar-refractivity contribution in [1.29, 1.82) is 0 Å². The van der Waals surface area contributed by atoms with Gasteiger partial charge >= 0.3 is 6.18 Å². The van der Waals surface area contributed by atoms with E-state index in [1.807, 2.05) is 4.98 Å².